The van der Waals surface area contributed by atoms with Gasteiger partial charge in [0.05, 0.1) is 10.6 Å². The van der Waals surface area contributed by atoms with E-state index in [4.69, 9.17) is 11.6 Å². The Morgan fingerprint density at radius 3 is 2.58 bits per heavy atom. The molecule has 1 aliphatic rings. The van der Waals surface area contributed by atoms with Crippen molar-refractivity contribution in [3.63, 3.8) is 0 Å². The normalized spacial score (nSPS) is 14.9. The summed E-state index contributed by atoms with van der Waals surface area (Å²) in [6, 6.07) is 4.69. The number of pyridine rings is 2. The highest BCUT2D eigenvalue weighted by Crippen LogP contribution is 2.32. The van der Waals surface area contributed by atoms with Crippen LogP contribution in [0.5, 0.6) is 0 Å². The molecule has 0 spiro atoms. The number of halogens is 4. The third-order valence-corrected chi connectivity index (χ3v) is 4.16. The van der Waals surface area contributed by atoms with Crippen LogP contribution in [0.25, 0.3) is 0 Å². The number of nitrogens with one attached hydrogen (secondary N) is 1. The maximum atomic E-state index is 12.6. The number of hydrogen-bond acceptors (Lipinski definition) is 4. The van der Waals surface area contributed by atoms with Crippen molar-refractivity contribution in [3.8, 4) is 0 Å². The van der Waals surface area contributed by atoms with Crippen LogP contribution >= 0.6 is 11.6 Å². The van der Waals surface area contributed by atoms with Crippen molar-refractivity contribution in [3.05, 3.63) is 46.7 Å². The fourth-order valence-electron chi connectivity index (χ4n) is 2.60. The second kappa shape index (κ2) is 6.84. The van der Waals surface area contributed by atoms with Crippen LogP contribution in [0, 0.1) is 0 Å². The molecule has 128 valence electrons. The van der Waals surface area contributed by atoms with Crippen LogP contribution in [0.15, 0.2) is 30.6 Å². The highest BCUT2D eigenvalue weighted by Gasteiger charge is 2.31. The van der Waals surface area contributed by atoms with E-state index in [9.17, 15) is 13.2 Å². The lowest BCUT2D eigenvalue weighted by Crippen LogP contribution is -2.19. The molecule has 1 saturated heterocycles. The minimum absolute atomic E-state index is 0.0568. The molecule has 2 aromatic heterocycles. The first-order chi connectivity index (χ1) is 11.4. The summed E-state index contributed by atoms with van der Waals surface area (Å²) < 4.78 is 37.8. The zero-order chi connectivity index (χ0) is 17.2. The van der Waals surface area contributed by atoms with Crippen LogP contribution in [0.2, 0.25) is 5.02 Å². The molecule has 3 rings (SSSR count). The molecular weight excluding hydrogens is 341 g/mol. The summed E-state index contributed by atoms with van der Waals surface area (Å²) in [5.74, 6) is 1.14. The number of rotatable bonds is 4. The first kappa shape index (κ1) is 16.8. The smallest absolute Gasteiger partial charge is 0.365 e. The molecule has 4 nitrogen and oxygen atoms in total. The number of anilines is 2. The SMILES string of the molecule is FC(F)(F)c1cnc(NCc2ccnc(N3CCCC3)c2)c(Cl)c1. The molecule has 3 heterocycles. The highest BCUT2D eigenvalue weighted by atomic mass is 35.5. The van der Waals surface area contributed by atoms with Gasteiger partial charge in [-0.25, -0.2) is 9.97 Å². The topological polar surface area (TPSA) is 41.1 Å². The lowest BCUT2D eigenvalue weighted by atomic mass is 10.2. The van der Waals surface area contributed by atoms with Gasteiger partial charge in [0.15, 0.2) is 0 Å². The lowest BCUT2D eigenvalue weighted by Gasteiger charge is -2.17. The van der Waals surface area contributed by atoms with Crippen molar-refractivity contribution in [2.75, 3.05) is 23.3 Å². The summed E-state index contributed by atoms with van der Waals surface area (Å²) in [6.07, 6.45) is 0.373. The van der Waals surface area contributed by atoms with Crippen molar-refractivity contribution in [2.24, 2.45) is 0 Å². The quantitative estimate of drug-likeness (QED) is 0.883. The first-order valence-electron chi connectivity index (χ1n) is 7.60. The van der Waals surface area contributed by atoms with E-state index < -0.39 is 11.7 Å². The molecule has 1 aliphatic heterocycles. The fraction of sp³-hybridized carbons (Fsp3) is 0.375. The Balaban J connectivity index is 1.68. The Labute approximate surface area is 142 Å². The molecule has 2 aromatic rings. The van der Waals surface area contributed by atoms with Gasteiger partial charge in [0.1, 0.15) is 11.6 Å². The van der Waals surface area contributed by atoms with Gasteiger partial charge in [-0.2, -0.15) is 13.2 Å². The maximum Gasteiger partial charge on any atom is 0.417 e. The molecule has 0 radical (unpaired) electrons. The van der Waals surface area contributed by atoms with Gasteiger partial charge >= 0.3 is 6.18 Å². The summed E-state index contributed by atoms with van der Waals surface area (Å²) in [6.45, 7) is 2.40. The summed E-state index contributed by atoms with van der Waals surface area (Å²) in [4.78, 5) is 10.3. The number of nitrogens with zero attached hydrogens (tertiary/aromatic N) is 3. The number of aromatic nitrogens is 2. The van der Waals surface area contributed by atoms with E-state index in [0.717, 1.165) is 49.6 Å². The largest absolute Gasteiger partial charge is 0.417 e. The molecule has 0 saturated carbocycles. The zero-order valence-electron chi connectivity index (χ0n) is 12.8. The van der Waals surface area contributed by atoms with Gasteiger partial charge in [-0.3, -0.25) is 0 Å². The molecule has 0 bridgehead atoms. The molecule has 1 fully saturated rings. The van der Waals surface area contributed by atoms with Crippen molar-refractivity contribution in [1.82, 2.24) is 9.97 Å². The Hall–Kier alpha value is -2.02. The van der Waals surface area contributed by atoms with E-state index in [2.05, 4.69) is 20.2 Å². The molecule has 8 heteroatoms. The summed E-state index contributed by atoms with van der Waals surface area (Å²) >= 11 is 5.89. The highest BCUT2D eigenvalue weighted by molar-refractivity contribution is 6.32. The van der Waals surface area contributed by atoms with E-state index in [1.807, 2.05) is 12.1 Å². The predicted molar refractivity (Wildman–Crippen MR) is 87.3 cm³/mol. The fourth-order valence-corrected chi connectivity index (χ4v) is 2.83. The molecule has 0 atom stereocenters. The van der Waals surface area contributed by atoms with Gasteiger partial charge in [-0.05, 0) is 36.6 Å². The van der Waals surface area contributed by atoms with Crippen LogP contribution < -0.4 is 10.2 Å². The Bertz CT molecular complexity index is 715. The van der Waals surface area contributed by atoms with Crippen LogP contribution in [0.1, 0.15) is 24.0 Å². The van der Waals surface area contributed by atoms with Gasteiger partial charge in [0, 0.05) is 32.0 Å². The second-order valence-corrected chi connectivity index (χ2v) is 6.03. The maximum absolute atomic E-state index is 12.6. The third-order valence-electron chi connectivity index (χ3n) is 3.87. The molecule has 24 heavy (non-hydrogen) atoms. The van der Waals surface area contributed by atoms with Crippen LogP contribution in [0.3, 0.4) is 0 Å². The Morgan fingerprint density at radius 1 is 1.17 bits per heavy atom. The van der Waals surface area contributed by atoms with E-state index in [1.165, 1.54) is 0 Å². The van der Waals surface area contributed by atoms with E-state index in [0.29, 0.717) is 6.54 Å². The van der Waals surface area contributed by atoms with Crippen LogP contribution in [-0.2, 0) is 12.7 Å². The predicted octanol–water partition coefficient (Wildman–Crippen LogP) is 4.36. The van der Waals surface area contributed by atoms with Crippen molar-refractivity contribution >= 4 is 23.2 Å². The second-order valence-electron chi connectivity index (χ2n) is 5.62. The van der Waals surface area contributed by atoms with Gasteiger partial charge in [-0.15, -0.1) is 0 Å². The number of alkyl halides is 3. The summed E-state index contributed by atoms with van der Waals surface area (Å²) in [5.41, 5.74) is 0.0999. The van der Waals surface area contributed by atoms with E-state index in [1.54, 1.807) is 6.20 Å². The molecule has 1 N–H and O–H groups in total. The van der Waals surface area contributed by atoms with Crippen LogP contribution in [-0.4, -0.2) is 23.1 Å². The van der Waals surface area contributed by atoms with Gasteiger partial charge < -0.3 is 10.2 Å². The summed E-state index contributed by atoms with van der Waals surface area (Å²) in [5, 5.41) is 2.91. The summed E-state index contributed by atoms with van der Waals surface area (Å²) in [7, 11) is 0. The van der Waals surface area contributed by atoms with Crippen molar-refractivity contribution in [2.45, 2.75) is 25.6 Å². The molecule has 0 aliphatic carbocycles. The molecule has 0 amide bonds. The van der Waals surface area contributed by atoms with Crippen LogP contribution in [0.4, 0.5) is 24.8 Å². The molecule has 0 unspecified atom stereocenters. The van der Waals surface area contributed by atoms with Gasteiger partial charge in [-0.1, -0.05) is 11.6 Å². The number of hydrogen-bond donors (Lipinski definition) is 1. The Morgan fingerprint density at radius 2 is 1.92 bits per heavy atom. The van der Waals surface area contributed by atoms with Gasteiger partial charge in [0.25, 0.3) is 0 Å². The minimum Gasteiger partial charge on any atom is -0.365 e. The first-order valence-corrected chi connectivity index (χ1v) is 7.98. The van der Waals surface area contributed by atoms with Crippen molar-refractivity contribution < 1.29 is 13.2 Å². The zero-order valence-corrected chi connectivity index (χ0v) is 13.5. The van der Waals surface area contributed by atoms with Crippen molar-refractivity contribution in [1.29, 1.82) is 0 Å². The standard InChI is InChI=1S/C16H16ClF3N4/c17-13-8-12(16(18,19)20)10-23-15(13)22-9-11-3-4-21-14(7-11)24-5-1-2-6-24/h3-4,7-8,10H,1-2,5-6,9H2,(H,22,23). The van der Waals surface area contributed by atoms with Gasteiger partial charge in [0.2, 0.25) is 0 Å². The van der Waals surface area contributed by atoms with E-state index in [-0.39, 0.29) is 10.8 Å². The minimum atomic E-state index is -4.45. The molecule has 0 aromatic carbocycles. The monoisotopic (exact) mass is 356 g/mol. The lowest BCUT2D eigenvalue weighted by molar-refractivity contribution is -0.137. The molecular formula is C16H16ClF3N4. The average Bonchev–Trinajstić information content (AvgIpc) is 3.07. The Kier molecular flexibility index (Phi) is 4.80. The third kappa shape index (κ3) is 3.90. The van der Waals surface area contributed by atoms with E-state index >= 15 is 0 Å². The average molecular weight is 357 g/mol.